The van der Waals surface area contributed by atoms with E-state index in [0.717, 1.165) is 66.0 Å². The first kappa shape index (κ1) is 23.1. The van der Waals surface area contributed by atoms with Crippen LogP contribution in [-0.4, -0.2) is 40.4 Å². The highest BCUT2D eigenvalue weighted by molar-refractivity contribution is 5.79. The molecule has 7 heteroatoms. The second-order valence-electron chi connectivity index (χ2n) is 7.14. The largest absolute Gasteiger partial charge is 0.497 e. The quantitative estimate of drug-likeness (QED) is 0.351. The van der Waals surface area contributed by atoms with Gasteiger partial charge in [0.15, 0.2) is 17.5 Å². The minimum Gasteiger partial charge on any atom is -0.497 e. The van der Waals surface area contributed by atoms with Gasteiger partial charge in [-0.1, -0.05) is 18.2 Å². The van der Waals surface area contributed by atoms with Gasteiger partial charge < -0.3 is 29.3 Å². The Kier molecular flexibility index (Phi) is 8.86. The van der Waals surface area contributed by atoms with Crippen LogP contribution in [0.5, 0.6) is 17.2 Å². The zero-order valence-corrected chi connectivity index (χ0v) is 18.9. The van der Waals surface area contributed by atoms with E-state index in [2.05, 4.69) is 10.6 Å². The van der Waals surface area contributed by atoms with Crippen LogP contribution < -0.4 is 24.8 Å². The Bertz CT molecular complexity index is 969. The van der Waals surface area contributed by atoms with Crippen molar-refractivity contribution in [2.75, 3.05) is 34.4 Å². The number of benzene rings is 2. The Morgan fingerprint density at radius 2 is 1.53 bits per heavy atom. The second-order valence-corrected chi connectivity index (χ2v) is 7.14. The lowest BCUT2D eigenvalue weighted by Gasteiger charge is -2.13. The molecule has 1 aromatic heterocycles. The third-order valence-corrected chi connectivity index (χ3v) is 4.98. The molecule has 1 heterocycles. The summed E-state index contributed by atoms with van der Waals surface area (Å²) in [5, 5.41) is 6.81. The van der Waals surface area contributed by atoms with Crippen molar-refractivity contribution in [3.63, 3.8) is 0 Å². The third kappa shape index (κ3) is 6.97. The number of aliphatic imine (C=N–C) groups is 1. The van der Waals surface area contributed by atoms with E-state index in [9.17, 15) is 0 Å². The van der Waals surface area contributed by atoms with Crippen LogP contribution in [0.15, 0.2) is 70.3 Å². The smallest absolute Gasteiger partial charge is 0.191 e. The van der Waals surface area contributed by atoms with Crippen LogP contribution in [-0.2, 0) is 19.4 Å². The number of methoxy groups -OCH3 is 3. The number of ether oxygens (including phenoxy) is 3. The zero-order chi connectivity index (χ0) is 22.6. The summed E-state index contributed by atoms with van der Waals surface area (Å²) in [6, 6.07) is 17.8. The van der Waals surface area contributed by atoms with Gasteiger partial charge in [0, 0.05) is 19.5 Å². The van der Waals surface area contributed by atoms with Gasteiger partial charge in [0.2, 0.25) is 0 Å². The molecule has 7 nitrogen and oxygen atoms in total. The highest BCUT2D eigenvalue weighted by atomic mass is 16.5. The van der Waals surface area contributed by atoms with Gasteiger partial charge in [0.25, 0.3) is 0 Å². The van der Waals surface area contributed by atoms with E-state index in [1.807, 2.05) is 54.6 Å². The molecule has 0 radical (unpaired) electrons. The average Bonchev–Trinajstić information content (AvgIpc) is 3.36. The lowest BCUT2D eigenvalue weighted by molar-refractivity contribution is 0.354. The van der Waals surface area contributed by atoms with Crippen LogP contribution in [0.3, 0.4) is 0 Å². The Morgan fingerprint density at radius 1 is 0.812 bits per heavy atom. The molecule has 0 saturated heterocycles. The maximum atomic E-state index is 5.41. The predicted molar refractivity (Wildman–Crippen MR) is 126 cm³/mol. The van der Waals surface area contributed by atoms with E-state index in [1.165, 1.54) is 0 Å². The number of hydrogen-bond acceptors (Lipinski definition) is 5. The standard InChI is InChI=1S/C25H31N3O4/c1-29-21-9-6-20(7-10-21)18-28-25(27-15-13-22-5-4-16-32-22)26-14-12-19-8-11-23(30-2)24(17-19)31-3/h4-11,16-17H,12-15,18H2,1-3H3,(H2,26,27,28). The van der Waals surface area contributed by atoms with Gasteiger partial charge in [-0.05, 0) is 53.9 Å². The van der Waals surface area contributed by atoms with Crippen molar-refractivity contribution in [1.82, 2.24) is 10.6 Å². The summed E-state index contributed by atoms with van der Waals surface area (Å²) >= 11 is 0. The van der Waals surface area contributed by atoms with Crippen molar-refractivity contribution in [2.24, 2.45) is 4.99 Å². The van der Waals surface area contributed by atoms with Crippen molar-refractivity contribution in [1.29, 1.82) is 0 Å². The fourth-order valence-electron chi connectivity index (χ4n) is 3.20. The average molecular weight is 438 g/mol. The topological polar surface area (TPSA) is 77.2 Å². The summed E-state index contributed by atoms with van der Waals surface area (Å²) in [7, 11) is 4.95. The van der Waals surface area contributed by atoms with E-state index in [-0.39, 0.29) is 0 Å². The highest BCUT2D eigenvalue weighted by Gasteiger charge is 2.06. The number of nitrogens with zero attached hydrogens (tertiary/aromatic N) is 1. The van der Waals surface area contributed by atoms with Crippen LogP contribution in [0.25, 0.3) is 0 Å². The molecule has 0 spiro atoms. The molecule has 2 N–H and O–H groups in total. The van der Waals surface area contributed by atoms with Crippen LogP contribution >= 0.6 is 0 Å². The van der Waals surface area contributed by atoms with Crippen LogP contribution in [0.1, 0.15) is 16.9 Å². The summed E-state index contributed by atoms with van der Waals surface area (Å²) in [4.78, 5) is 4.74. The molecule has 3 rings (SSSR count). The molecule has 0 saturated carbocycles. The molecule has 0 unspecified atom stereocenters. The number of rotatable bonds is 11. The normalized spacial score (nSPS) is 11.2. The lowest BCUT2D eigenvalue weighted by Crippen LogP contribution is -2.39. The van der Waals surface area contributed by atoms with Gasteiger partial charge in [-0.2, -0.15) is 0 Å². The Labute approximate surface area is 189 Å². The van der Waals surface area contributed by atoms with E-state index >= 15 is 0 Å². The summed E-state index contributed by atoms with van der Waals surface area (Å²) in [5.74, 6) is 3.99. The molecule has 0 amide bonds. The van der Waals surface area contributed by atoms with Gasteiger partial charge in [-0.3, -0.25) is 0 Å². The van der Waals surface area contributed by atoms with Crippen molar-refractivity contribution in [3.05, 3.63) is 77.7 Å². The SMILES string of the molecule is COc1ccc(CN=C(NCCc2ccc(OC)c(OC)c2)NCCc2ccco2)cc1. The maximum Gasteiger partial charge on any atom is 0.191 e. The fourth-order valence-corrected chi connectivity index (χ4v) is 3.20. The highest BCUT2D eigenvalue weighted by Crippen LogP contribution is 2.27. The molecule has 3 aromatic rings. The zero-order valence-electron chi connectivity index (χ0n) is 18.9. The van der Waals surface area contributed by atoms with E-state index in [0.29, 0.717) is 6.54 Å². The van der Waals surface area contributed by atoms with E-state index in [1.54, 1.807) is 27.6 Å². The summed E-state index contributed by atoms with van der Waals surface area (Å²) < 4.78 is 21.3. The fraction of sp³-hybridized carbons (Fsp3) is 0.320. The molecule has 0 aliphatic heterocycles. The van der Waals surface area contributed by atoms with Crippen molar-refractivity contribution in [3.8, 4) is 17.2 Å². The van der Waals surface area contributed by atoms with E-state index < -0.39 is 0 Å². The maximum absolute atomic E-state index is 5.41. The van der Waals surface area contributed by atoms with Crippen molar-refractivity contribution >= 4 is 5.96 Å². The van der Waals surface area contributed by atoms with Crippen molar-refractivity contribution < 1.29 is 18.6 Å². The van der Waals surface area contributed by atoms with E-state index in [4.69, 9.17) is 23.6 Å². The van der Waals surface area contributed by atoms with Crippen LogP contribution in [0.2, 0.25) is 0 Å². The molecular formula is C25H31N3O4. The molecule has 0 bridgehead atoms. The monoisotopic (exact) mass is 437 g/mol. The number of hydrogen-bond donors (Lipinski definition) is 2. The molecule has 170 valence electrons. The number of nitrogens with one attached hydrogen (secondary N) is 2. The summed E-state index contributed by atoms with van der Waals surface area (Å²) in [6.07, 6.45) is 3.29. The van der Waals surface area contributed by atoms with Gasteiger partial charge in [0.05, 0.1) is 34.1 Å². The summed E-state index contributed by atoms with van der Waals surface area (Å²) in [5.41, 5.74) is 2.26. The van der Waals surface area contributed by atoms with Crippen molar-refractivity contribution in [2.45, 2.75) is 19.4 Å². The molecule has 0 aliphatic rings. The Morgan fingerprint density at radius 3 is 2.19 bits per heavy atom. The first-order chi connectivity index (χ1) is 15.7. The molecule has 2 aromatic carbocycles. The van der Waals surface area contributed by atoms with Crippen LogP contribution in [0, 0.1) is 0 Å². The van der Waals surface area contributed by atoms with Gasteiger partial charge in [-0.15, -0.1) is 0 Å². The molecule has 0 atom stereocenters. The van der Waals surface area contributed by atoms with Crippen LogP contribution in [0.4, 0.5) is 0 Å². The Hall–Kier alpha value is -3.61. The Balaban J connectivity index is 1.58. The first-order valence-corrected chi connectivity index (χ1v) is 10.6. The molecule has 0 fully saturated rings. The number of furan rings is 1. The number of guanidine groups is 1. The van der Waals surface area contributed by atoms with Gasteiger partial charge in [-0.25, -0.2) is 4.99 Å². The molecular weight excluding hydrogens is 406 g/mol. The second kappa shape index (κ2) is 12.3. The minimum atomic E-state index is 0.566. The molecule has 0 aliphatic carbocycles. The van der Waals surface area contributed by atoms with Gasteiger partial charge in [0.1, 0.15) is 11.5 Å². The summed E-state index contributed by atoms with van der Waals surface area (Å²) in [6.45, 7) is 2.01. The predicted octanol–water partition coefficient (Wildman–Crippen LogP) is 3.83. The third-order valence-electron chi connectivity index (χ3n) is 4.98. The minimum absolute atomic E-state index is 0.566. The lowest BCUT2D eigenvalue weighted by atomic mass is 10.1. The molecule has 32 heavy (non-hydrogen) atoms. The first-order valence-electron chi connectivity index (χ1n) is 10.6. The van der Waals surface area contributed by atoms with Gasteiger partial charge >= 0.3 is 0 Å².